The van der Waals surface area contributed by atoms with Gasteiger partial charge in [0.25, 0.3) is 0 Å². The molecule has 5 heteroatoms. The molecule has 3 N–H and O–H groups in total. The summed E-state index contributed by atoms with van der Waals surface area (Å²) in [5.74, 6) is 0.509. The summed E-state index contributed by atoms with van der Waals surface area (Å²) >= 11 is 3.24. The first-order valence-corrected chi connectivity index (χ1v) is 6.54. The lowest BCUT2D eigenvalue weighted by Crippen LogP contribution is -2.31. The first-order chi connectivity index (χ1) is 8.33. The second-order valence-corrected chi connectivity index (χ2v) is 5.68. The van der Waals surface area contributed by atoms with Gasteiger partial charge in [-0.2, -0.15) is 0 Å². The Kier molecular flexibility index (Phi) is 5.14. The van der Waals surface area contributed by atoms with Gasteiger partial charge in [0, 0.05) is 5.41 Å². The number of nitrogens with one attached hydrogen (secondary N) is 1. The highest BCUT2D eigenvalue weighted by atomic mass is 79.9. The lowest BCUT2D eigenvalue weighted by molar-refractivity contribution is 0.285. The normalized spacial score (nSPS) is 11.3. The quantitative estimate of drug-likeness (QED) is 0.477. The molecule has 0 aliphatic heterocycles. The summed E-state index contributed by atoms with van der Waals surface area (Å²) in [6.45, 7) is 4.38. The maximum Gasteiger partial charge on any atom is 0.133 e. The van der Waals surface area contributed by atoms with Crippen molar-refractivity contribution in [3.63, 3.8) is 0 Å². The Morgan fingerprint density at radius 3 is 2.72 bits per heavy atom. The Hall–Kier alpha value is -1.10. The van der Waals surface area contributed by atoms with Crippen molar-refractivity contribution in [2.75, 3.05) is 6.61 Å². The predicted octanol–water partition coefficient (Wildman–Crippen LogP) is 3.71. The van der Waals surface area contributed by atoms with Crippen molar-refractivity contribution in [3.8, 4) is 5.75 Å². The van der Waals surface area contributed by atoms with Crippen LogP contribution in [-0.4, -0.2) is 12.4 Å². The van der Waals surface area contributed by atoms with Crippen LogP contribution in [0.2, 0.25) is 0 Å². The van der Waals surface area contributed by atoms with Gasteiger partial charge in [0.2, 0.25) is 0 Å². The molecule has 0 atom stereocenters. The Labute approximate surface area is 115 Å². The summed E-state index contributed by atoms with van der Waals surface area (Å²) in [4.78, 5) is 0. The van der Waals surface area contributed by atoms with Gasteiger partial charge in [-0.3, -0.25) is 5.41 Å². The average Bonchev–Trinajstić information content (AvgIpc) is 2.26. The van der Waals surface area contributed by atoms with Crippen molar-refractivity contribution < 1.29 is 9.13 Å². The fourth-order valence-corrected chi connectivity index (χ4v) is 1.89. The second kappa shape index (κ2) is 6.18. The summed E-state index contributed by atoms with van der Waals surface area (Å²) < 4.78 is 19.0. The zero-order valence-corrected chi connectivity index (χ0v) is 12.2. The van der Waals surface area contributed by atoms with Crippen LogP contribution in [0.25, 0.3) is 0 Å². The van der Waals surface area contributed by atoms with E-state index in [1.54, 1.807) is 6.07 Å². The molecule has 0 heterocycles. The molecule has 0 saturated heterocycles. The van der Waals surface area contributed by atoms with Crippen LogP contribution in [0.5, 0.6) is 5.75 Å². The molecular formula is C13H18BrFN2O. The number of amidine groups is 1. The van der Waals surface area contributed by atoms with E-state index in [1.165, 1.54) is 12.1 Å². The highest BCUT2D eigenvalue weighted by Crippen LogP contribution is 2.26. The smallest absolute Gasteiger partial charge is 0.133 e. The molecule has 3 nitrogen and oxygen atoms in total. The maximum absolute atomic E-state index is 12.9. The number of benzene rings is 1. The van der Waals surface area contributed by atoms with E-state index < -0.39 is 0 Å². The van der Waals surface area contributed by atoms with Gasteiger partial charge in [0.15, 0.2) is 0 Å². The van der Waals surface area contributed by atoms with Crippen LogP contribution >= 0.6 is 15.9 Å². The van der Waals surface area contributed by atoms with Crippen LogP contribution in [0.15, 0.2) is 22.7 Å². The van der Waals surface area contributed by atoms with Crippen molar-refractivity contribution in [3.05, 3.63) is 28.5 Å². The van der Waals surface area contributed by atoms with E-state index in [1.807, 2.05) is 13.8 Å². The molecule has 0 saturated carbocycles. The lowest BCUT2D eigenvalue weighted by atomic mass is 9.87. The standard InChI is InChI=1S/C13H18BrFN2O/c1-13(2,12(16)17)6-3-7-18-11-5-4-9(15)8-10(11)14/h4-5,8H,3,6-7H2,1-2H3,(H3,16,17). The van der Waals surface area contributed by atoms with Gasteiger partial charge in [0.05, 0.1) is 16.9 Å². The number of hydrogen-bond acceptors (Lipinski definition) is 2. The molecule has 1 aromatic carbocycles. The summed E-state index contributed by atoms with van der Waals surface area (Å²) in [5, 5.41) is 7.44. The van der Waals surface area contributed by atoms with E-state index in [9.17, 15) is 4.39 Å². The summed E-state index contributed by atoms with van der Waals surface area (Å²) in [6.07, 6.45) is 1.57. The van der Waals surface area contributed by atoms with Gasteiger partial charge >= 0.3 is 0 Å². The average molecular weight is 317 g/mol. The first-order valence-electron chi connectivity index (χ1n) is 5.75. The van der Waals surface area contributed by atoms with E-state index in [-0.39, 0.29) is 17.1 Å². The number of rotatable bonds is 6. The number of halogens is 2. The molecular weight excluding hydrogens is 299 g/mol. The second-order valence-electron chi connectivity index (χ2n) is 4.82. The molecule has 100 valence electrons. The molecule has 0 amide bonds. The Morgan fingerprint density at radius 2 is 2.17 bits per heavy atom. The minimum atomic E-state index is -0.302. The molecule has 1 aromatic rings. The minimum Gasteiger partial charge on any atom is -0.492 e. The number of hydrogen-bond donors (Lipinski definition) is 2. The van der Waals surface area contributed by atoms with Crippen molar-refractivity contribution in [1.29, 1.82) is 5.41 Å². The molecule has 0 aliphatic carbocycles. The highest BCUT2D eigenvalue weighted by molar-refractivity contribution is 9.10. The van der Waals surface area contributed by atoms with Crippen molar-refractivity contribution in [2.45, 2.75) is 26.7 Å². The van der Waals surface area contributed by atoms with Crippen molar-refractivity contribution in [2.24, 2.45) is 11.1 Å². The van der Waals surface area contributed by atoms with Crippen LogP contribution in [0, 0.1) is 16.6 Å². The molecule has 0 spiro atoms. The molecule has 0 unspecified atom stereocenters. The molecule has 0 aromatic heterocycles. The van der Waals surface area contributed by atoms with E-state index in [2.05, 4.69) is 15.9 Å². The third kappa shape index (κ3) is 4.29. The van der Waals surface area contributed by atoms with E-state index in [4.69, 9.17) is 15.9 Å². The Balaban J connectivity index is 2.41. The van der Waals surface area contributed by atoms with E-state index >= 15 is 0 Å². The summed E-state index contributed by atoms with van der Waals surface area (Å²) in [7, 11) is 0. The van der Waals surface area contributed by atoms with Crippen molar-refractivity contribution in [1.82, 2.24) is 0 Å². The Morgan fingerprint density at radius 1 is 1.50 bits per heavy atom. The molecule has 18 heavy (non-hydrogen) atoms. The first kappa shape index (κ1) is 15.0. The van der Waals surface area contributed by atoms with Gasteiger partial charge in [-0.15, -0.1) is 0 Å². The SMILES string of the molecule is CC(C)(CCCOc1ccc(F)cc1Br)C(=N)N. The fraction of sp³-hybridized carbons (Fsp3) is 0.462. The maximum atomic E-state index is 12.9. The molecule has 0 fully saturated rings. The van der Waals surface area contributed by atoms with Gasteiger partial charge in [-0.05, 0) is 47.0 Å². The molecule has 0 aliphatic rings. The number of nitrogens with two attached hydrogens (primary N) is 1. The number of ether oxygens (including phenoxy) is 1. The van der Waals surface area contributed by atoms with Gasteiger partial charge in [-0.25, -0.2) is 4.39 Å². The molecule has 0 bridgehead atoms. The minimum absolute atomic E-state index is 0.186. The topological polar surface area (TPSA) is 59.1 Å². The summed E-state index contributed by atoms with van der Waals surface area (Å²) in [6, 6.07) is 4.32. The van der Waals surface area contributed by atoms with E-state index in [0.29, 0.717) is 16.8 Å². The summed E-state index contributed by atoms with van der Waals surface area (Å²) in [5.41, 5.74) is 5.20. The van der Waals surface area contributed by atoms with Gasteiger partial charge in [-0.1, -0.05) is 13.8 Å². The van der Waals surface area contributed by atoms with Gasteiger partial charge in [0.1, 0.15) is 11.6 Å². The third-order valence-electron chi connectivity index (χ3n) is 2.83. The van der Waals surface area contributed by atoms with Crippen LogP contribution < -0.4 is 10.5 Å². The molecule has 1 rings (SSSR count). The monoisotopic (exact) mass is 316 g/mol. The highest BCUT2D eigenvalue weighted by Gasteiger charge is 2.20. The zero-order valence-electron chi connectivity index (χ0n) is 10.6. The van der Waals surface area contributed by atoms with Gasteiger partial charge < -0.3 is 10.5 Å². The largest absolute Gasteiger partial charge is 0.492 e. The fourth-order valence-electron chi connectivity index (χ4n) is 1.42. The van der Waals surface area contributed by atoms with Crippen LogP contribution in [0.1, 0.15) is 26.7 Å². The van der Waals surface area contributed by atoms with Crippen LogP contribution in [-0.2, 0) is 0 Å². The predicted molar refractivity (Wildman–Crippen MR) is 74.5 cm³/mol. The third-order valence-corrected chi connectivity index (χ3v) is 3.45. The zero-order chi connectivity index (χ0) is 13.8. The van der Waals surface area contributed by atoms with Crippen molar-refractivity contribution >= 4 is 21.8 Å². The van der Waals surface area contributed by atoms with Crippen LogP contribution in [0.3, 0.4) is 0 Å². The van der Waals surface area contributed by atoms with E-state index in [0.717, 1.165) is 12.8 Å². The molecule has 0 radical (unpaired) electrons. The Bertz CT molecular complexity index is 435. The van der Waals surface area contributed by atoms with Crippen LogP contribution in [0.4, 0.5) is 4.39 Å². The lowest BCUT2D eigenvalue weighted by Gasteiger charge is -2.22.